The van der Waals surface area contributed by atoms with Crippen LogP contribution in [0.25, 0.3) is 5.82 Å². The summed E-state index contributed by atoms with van der Waals surface area (Å²) in [5.41, 5.74) is 2.68. The molecule has 1 aliphatic carbocycles. The molecule has 0 saturated carbocycles. The van der Waals surface area contributed by atoms with Crippen molar-refractivity contribution < 1.29 is 14.3 Å². The Kier molecular flexibility index (Phi) is 6.86. The van der Waals surface area contributed by atoms with E-state index >= 15 is 0 Å². The molecule has 0 fully saturated rings. The van der Waals surface area contributed by atoms with Gasteiger partial charge in [-0.1, -0.05) is 17.7 Å². The highest BCUT2D eigenvalue weighted by Crippen LogP contribution is 2.23. The van der Waals surface area contributed by atoms with E-state index in [-0.39, 0.29) is 18.3 Å². The number of aliphatic hydroxyl groups excluding tert-OH is 1. The molecule has 2 heterocycles. The van der Waals surface area contributed by atoms with E-state index in [0.717, 1.165) is 24.0 Å². The molecular weight excluding hydrogens is 445 g/mol. The quantitative estimate of drug-likeness (QED) is 0.479. The maximum atomic E-state index is 13.1. The number of hydrogen-bond donors (Lipinski definition) is 3. The summed E-state index contributed by atoms with van der Waals surface area (Å²) in [6.07, 6.45) is 10.4. The molecule has 1 unspecified atom stereocenters. The molecule has 3 N–H and O–H groups in total. The van der Waals surface area contributed by atoms with Crippen molar-refractivity contribution in [1.82, 2.24) is 19.9 Å². The van der Waals surface area contributed by atoms with E-state index in [1.165, 1.54) is 12.1 Å². The van der Waals surface area contributed by atoms with Crippen LogP contribution in [0.2, 0.25) is 0 Å². The average Bonchev–Trinajstić information content (AvgIpc) is 3.30. The third-order valence-electron chi connectivity index (χ3n) is 5.22. The third kappa shape index (κ3) is 5.47. The van der Waals surface area contributed by atoms with E-state index in [9.17, 15) is 14.3 Å². The normalized spacial score (nSPS) is 14.3. The Morgan fingerprint density at radius 1 is 1.30 bits per heavy atom. The summed E-state index contributed by atoms with van der Waals surface area (Å²) in [7, 11) is 0. The number of hydrogen-bond acceptors (Lipinski definition) is 5. The van der Waals surface area contributed by atoms with Gasteiger partial charge in [-0.05, 0) is 61.7 Å². The zero-order valence-electron chi connectivity index (χ0n) is 17.9. The van der Waals surface area contributed by atoms with Gasteiger partial charge in [-0.25, -0.2) is 9.37 Å². The van der Waals surface area contributed by atoms with Crippen LogP contribution in [-0.4, -0.2) is 38.2 Å². The van der Waals surface area contributed by atoms with Gasteiger partial charge < -0.3 is 20.3 Å². The minimum absolute atomic E-state index is 0.234. The number of rotatable bonds is 7. The number of allylic oxidation sites excluding steroid dienone is 2. The van der Waals surface area contributed by atoms with Gasteiger partial charge >= 0.3 is 0 Å². The van der Waals surface area contributed by atoms with E-state index in [1.807, 2.05) is 13.0 Å². The van der Waals surface area contributed by atoms with Crippen LogP contribution in [0.5, 0.6) is 0 Å². The predicted octanol–water partition coefficient (Wildman–Crippen LogP) is 4.39. The largest absolute Gasteiger partial charge is 0.394 e. The molecule has 4 rings (SSSR count). The Hall–Kier alpha value is -3.49. The molecule has 9 heteroatoms. The van der Waals surface area contributed by atoms with Gasteiger partial charge in [0.2, 0.25) is 5.95 Å². The van der Waals surface area contributed by atoms with Crippen molar-refractivity contribution in [2.24, 2.45) is 0 Å². The van der Waals surface area contributed by atoms with Crippen LogP contribution in [0.15, 0.2) is 71.7 Å². The molecule has 3 aromatic rings. The molecular formula is C24H23ClFN5O2. The van der Waals surface area contributed by atoms with Crippen molar-refractivity contribution in [1.29, 1.82) is 0 Å². The molecule has 7 nitrogen and oxygen atoms in total. The van der Waals surface area contributed by atoms with Crippen LogP contribution in [-0.2, 0) is 0 Å². The van der Waals surface area contributed by atoms with E-state index in [2.05, 4.69) is 20.6 Å². The van der Waals surface area contributed by atoms with Crippen molar-refractivity contribution in [2.45, 2.75) is 25.8 Å². The molecule has 33 heavy (non-hydrogen) atoms. The maximum Gasteiger partial charge on any atom is 0.253 e. The fraction of sp³-hybridized carbons (Fsp3) is 0.208. The minimum atomic E-state index is -0.540. The lowest BCUT2D eigenvalue weighted by Crippen LogP contribution is -2.38. The first kappa shape index (κ1) is 22.7. The average molecular weight is 468 g/mol. The first-order valence-electron chi connectivity index (χ1n) is 10.5. The van der Waals surface area contributed by atoms with Crippen LogP contribution in [0, 0.1) is 12.7 Å². The number of anilines is 2. The predicted molar refractivity (Wildman–Crippen MR) is 125 cm³/mol. The van der Waals surface area contributed by atoms with Gasteiger partial charge in [0.1, 0.15) is 11.6 Å². The monoisotopic (exact) mass is 467 g/mol. The fourth-order valence-corrected chi connectivity index (χ4v) is 3.72. The van der Waals surface area contributed by atoms with Crippen LogP contribution < -0.4 is 10.6 Å². The Bertz CT molecular complexity index is 1220. The number of aryl methyl sites for hydroxylation is 1. The highest BCUT2D eigenvalue weighted by Gasteiger charge is 2.19. The second kappa shape index (κ2) is 9.97. The Morgan fingerprint density at radius 2 is 2.09 bits per heavy atom. The molecule has 0 aliphatic heterocycles. The Balaban J connectivity index is 1.51. The van der Waals surface area contributed by atoms with Gasteiger partial charge in [-0.3, -0.25) is 4.79 Å². The smallest absolute Gasteiger partial charge is 0.253 e. The fourth-order valence-electron chi connectivity index (χ4n) is 3.49. The summed E-state index contributed by atoms with van der Waals surface area (Å²) in [5, 5.41) is 16.4. The Labute approximate surface area is 195 Å². The van der Waals surface area contributed by atoms with Crippen molar-refractivity contribution in [2.75, 3.05) is 11.9 Å². The number of aliphatic hydroxyl groups is 1. The molecule has 0 radical (unpaired) electrons. The van der Waals surface area contributed by atoms with Crippen molar-refractivity contribution in [3.63, 3.8) is 0 Å². The second-order valence-electron chi connectivity index (χ2n) is 7.68. The first-order chi connectivity index (χ1) is 15.9. The number of halogens is 2. The van der Waals surface area contributed by atoms with E-state index in [0.29, 0.717) is 28.0 Å². The summed E-state index contributed by atoms with van der Waals surface area (Å²) in [4.78, 5) is 21.6. The van der Waals surface area contributed by atoms with Gasteiger partial charge in [0.05, 0.1) is 18.2 Å². The molecule has 2 aromatic heterocycles. The molecule has 1 aromatic carbocycles. The van der Waals surface area contributed by atoms with Crippen LogP contribution in [0.1, 0.15) is 28.8 Å². The zero-order valence-corrected chi connectivity index (χ0v) is 18.7. The molecule has 0 spiro atoms. The topological polar surface area (TPSA) is 92.1 Å². The standard InChI is InChI=1S/C24H23ClFN5O2/c1-15-12-27-24(28-20-7-5-19(26)6-8-20)30-22(15)31-10-9-17(13-31)23(33)29-21(14-32)16-3-2-4-18(25)11-16/h3,5-13,21,32H,2,4,14H2,1H3,(H,29,33)(H,27,28,30). The highest BCUT2D eigenvalue weighted by atomic mass is 35.5. The van der Waals surface area contributed by atoms with Gasteiger partial charge in [0, 0.05) is 34.9 Å². The van der Waals surface area contributed by atoms with Gasteiger partial charge in [0.25, 0.3) is 5.91 Å². The minimum Gasteiger partial charge on any atom is -0.394 e. The molecule has 1 atom stereocenters. The van der Waals surface area contributed by atoms with Crippen LogP contribution in [0.3, 0.4) is 0 Å². The van der Waals surface area contributed by atoms with Crippen LogP contribution in [0.4, 0.5) is 16.0 Å². The van der Waals surface area contributed by atoms with Gasteiger partial charge in [0.15, 0.2) is 0 Å². The number of nitrogens with zero attached hydrogens (tertiary/aromatic N) is 3. The Morgan fingerprint density at radius 3 is 2.82 bits per heavy atom. The lowest BCUT2D eigenvalue weighted by Gasteiger charge is -2.20. The number of carbonyl (C=O) groups excluding carboxylic acids is 1. The summed E-state index contributed by atoms with van der Waals surface area (Å²) in [6, 6.07) is 7.02. The van der Waals surface area contributed by atoms with Crippen molar-refractivity contribution in [3.05, 3.63) is 88.6 Å². The molecule has 0 saturated heterocycles. The lowest BCUT2D eigenvalue weighted by atomic mass is 10.00. The SMILES string of the molecule is Cc1cnc(Nc2ccc(F)cc2)nc1-n1ccc(C(=O)NC(CO)C2=CCCC(Cl)=C2)c1. The third-order valence-corrected chi connectivity index (χ3v) is 5.52. The first-order valence-corrected chi connectivity index (χ1v) is 10.8. The number of carbonyl (C=O) groups is 1. The van der Waals surface area contributed by atoms with E-state index in [4.69, 9.17) is 11.6 Å². The van der Waals surface area contributed by atoms with Crippen molar-refractivity contribution in [3.8, 4) is 5.82 Å². The molecule has 1 amide bonds. The second-order valence-corrected chi connectivity index (χ2v) is 8.17. The summed E-state index contributed by atoms with van der Waals surface area (Å²) in [6.45, 7) is 1.63. The summed E-state index contributed by atoms with van der Waals surface area (Å²) >= 11 is 6.11. The number of amides is 1. The summed E-state index contributed by atoms with van der Waals surface area (Å²) < 4.78 is 14.9. The molecule has 170 valence electrons. The molecule has 1 aliphatic rings. The summed E-state index contributed by atoms with van der Waals surface area (Å²) in [5.74, 6) is 0.291. The van der Waals surface area contributed by atoms with E-state index < -0.39 is 6.04 Å². The van der Waals surface area contributed by atoms with Crippen molar-refractivity contribution >= 4 is 29.1 Å². The molecule has 0 bridgehead atoms. The van der Waals surface area contributed by atoms with Crippen LogP contribution >= 0.6 is 11.6 Å². The maximum absolute atomic E-state index is 13.1. The highest BCUT2D eigenvalue weighted by molar-refractivity contribution is 6.29. The number of aromatic nitrogens is 3. The van der Waals surface area contributed by atoms with Gasteiger partial charge in [-0.2, -0.15) is 4.98 Å². The lowest BCUT2D eigenvalue weighted by molar-refractivity contribution is 0.0927. The number of benzene rings is 1. The number of nitrogens with one attached hydrogen (secondary N) is 2. The van der Waals surface area contributed by atoms with Gasteiger partial charge in [-0.15, -0.1) is 0 Å². The van der Waals surface area contributed by atoms with E-state index in [1.54, 1.807) is 47.4 Å². The zero-order chi connectivity index (χ0) is 23.4.